The summed E-state index contributed by atoms with van der Waals surface area (Å²) in [5.41, 5.74) is 1.25. The van der Waals surface area contributed by atoms with Crippen molar-refractivity contribution in [2.75, 3.05) is 23.2 Å². The van der Waals surface area contributed by atoms with Crippen LogP contribution in [-0.2, 0) is 10.0 Å². The van der Waals surface area contributed by atoms with E-state index in [2.05, 4.69) is 10.0 Å². The fraction of sp³-hybridized carbons (Fsp3) is 0.174. The van der Waals surface area contributed by atoms with Crippen molar-refractivity contribution in [2.45, 2.75) is 17.9 Å². The number of para-hydroxylation sites is 1. The Morgan fingerprint density at radius 2 is 1.72 bits per heavy atom. The van der Waals surface area contributed by atoms with Crippen molar-refractivity contribution in [3.8, 4) is 0 Å². The molecule has 0 aromatic heterocycles. The number of carbonyl (C=O) groups is 1. The van der Waals surface area contributed by atoms with Crippen LogP contribution >= 0.6 is 11.6 Å². The molecule has 3 rings (SSSR count). The summed E-state index contributed by atoms with van der Waals surface area (Å²) in [7, 11) is -2.07. The molecule has 0 aliphatic carbocycles. The highest BCUT2D eigenvalue weighted by Crippen LogP contribution is 2.23. The van der Waals surface area contributed by atoms with Gasteiger partial charge in [0.2, 0.25) is 0 Å². The van der Waals surface area contributed by atoms with Gasteiger partial charge in [0.15, 0.2) is 0 Å². The lowest BCUT2D eigenvalue weighted by Gasteiger charge is -2.27. The number of hydrogen-bond donors (Lipinski definition) is 2. The number of benzene rings is 3. The number of hydrogen-bond acceptors (Lipinski definition) is 4. The summed E-state index contributed by atoms with van der Waals surface area (Å²) in [5.74, 6) is -0.965. The third-order valence-electron chi connectivity index (χ3n) is 4.97. The van der Waals surface area contributed by atoms with Crippen molar-refractivity contribution >= 4 is 38.9 Å². The summed E-state index contributed by atoms with van der Waals surface area (Å²) in [5, 5.41) is 2.93. The molecule has 3 aromatic rings. The quantitative estimate of drug-likeness (QED) is 0.501. The van der Waals surface area contributed by atoms with Gasteiger partial charge in [0, 0.05) is 31.0 Å². The zero-order valence-electron chi connectivity index (χ0n) is 17.5. The van der Waals surface area contributed by atoms with Gasteiger partial charge in [0.05, 0.1) is 15.5 Å². The van der Waals surface area contributed by atoms with Crippen LogP contribution in [0.2, 0.25) is 5.02 Å². The Kier molecular flexibility index (Phi) is 7.37. The van der Waals surface area contributed by atoms with Crippen LogP contribution in [0.4, 0.5) is 15.8 Å². The lowest BCUT2D eigenvalue weighted by Crippen LogP contribution is -2.40. The molecule has 2 N–H and O–H groups in total. The first kappa shape index (κ1) is 23.6. The molecule has 9 heteroatoms. The number of halogens is 2. The fourth-order valence-corrected chi connectivity index (χ4v) is 4.26. The molecule has 0 bridgehead atoms. The van der Waals surface area contributed by atoms with Crippen LogP contribution in [0.1, 0.15) is 17.3 Å². The molecule has 0 fully saturated rings. The zero-order valence-corrected chi connectivity index (χ0v) is 19.1. The Morgan fingerprint density at radius 3 is 2.38 bits per heavy atom. The van der Waals surface area contributed by atoms with Crippen LogP contribution < -0.4 is 14.9 Å². The van der Waals surface area contributed by atoms with Gasteiger partial charge in [-0.15, -0.1) is 0 Å². The van der Waals surface area contributed by atoms with E-state index in [0.717, 1.165) is 17.8 Å². The fourth-order valence-electron chi connectivity index (χ4n) is 2.97. The SMILES string of the molecule is CC(CNC(=O)c1cc(S(=O)(=O)Nc2ccc(F)cc2)ccc1Cl)N(C)c1ccccc1. The smallest absolute Gasteiger partial charge is 0.261 e. The molecule has 0 heterocycles. The van der Waals surface area contributed by atoms with Crippen LogP contribution in [0.3, 0.4) is 0 Å². The lowest BCUT2D eigenvalue weighted by atomic mass is 10.2. The highest BCUT2D eigenvalue weighted by Gasteiger charge is 2.20. The molecule has 3 aromatic carbocycles. The molecule has 0 aliphatic heterocycles. The van der Waals surface area contributed by atoms with Gasteiger partial charge in [0.1, 0.15) is 5.82 Å². The maximum Gasteiger partial charge on any atom is 0.261 e. The minimum absolute atomic E-state index is 0.0211. The number of amides is 1. The standard InChI is InChI=1S/C23H23ClFN3O3S/c1-16(28(2)19-6-4-3-5-7-19)15-26-23(29)21-14-20(12-13-22(21)24)32(30,31)27-18-10-8-17(25)9-11-18/h3-14,16,27H,15H2,1-2H3,(H,26,29). The molecule has 0 aliphatic rings. The first-order valence-corrected chi connectivity index (χ1v) is 11.7. The van der Waals surface area contributed by atoms with Crippen LogP contribution in [0.5, 0.6) is 0 Å². The molecule has 0 saturated heterocycles. The van der Waals surface area contributed by atoms with E-state index in [1.165, 1.54) is 30.3 Å². The molecule has 0 spiro atoms. The number of nitrogens with zero attached hydrogens (tertiary/aromatic N) is 1. The Bertz CT molecular complexity index is 1190. The maximum absolute atomic E-state index is 13.1. The summed E-state index contributed by atoms with van der Waals surface area (Å²) in [4.78, 5) is 14.6. The third kappa shape index (κ3) is 5.77. The largest absolute Gasteiger partial charge is 0.370 e. The predicted octanol–water partition coefficient (Wildman–Crippen LogP) is 4.53. The summed E-state index contributed by atoms with van der Waals surface area (Å²) >= 11 is 6.16. The second-order valence-corrected chi connectivity index (χ2v) is 9.35. The van der Waals surface area contributed by atoms with E-state index in [-0.39, 0.29) is 27.2 Å². The summed E-state index contributed by atoms with van der Waals surface area (Å²) in [6.07, 6.45) is 0. The lowest BCUT2D eigenvalue weighted by molar-refractivity contribution is 0.0951. The average Bonchev–Trinajstić information content (AvgIpc) is 2.78. The van der Waals surface area contributed by atoms with Gasteiger partial charge in [-0.2, -0.15) is 0 Å². The molecular weight excluding hydrogens is 453 g/mol. The number of carbonyl (C=O) groups excluding carboxylic acids is 1. The second-order valence-electron chi connectivity index (χ2n) is 7.26. The third-order valence-corrected chi connectivity index (χ3v) is 6.68. The van der Waals surface area contributed by atoms with E-state index in [4.69, 9.17) is 11.6 Å². The average molecular weight is 476 g/mol. The van der Waals surface area contributed by atoms with Gasteiger partial charge in [-0.25, -0.2) is 12.8 Å². The van der Waals surface area contributed by atoms with Gasteiger partial charge < -0.3 is 10.2 Å². The molecular formula is C23H23ClFN3O3S. The van der Waals surface area contributed by atoms with Crippen molar-refractivity contribution in [2.24, 2.45) is 0 Å². The van der Waals surface area contributed by atoms with Crippen molar-refractivity contribution in [3.05, 3.63) is 89.2 Å². The number of sulfonamides is 1. The topological polar surface area (TPSA) is 78.5 Å². The van der Waals surface area contributed by atoms with Crippen molar-refractivity contribution in [1.82, 2.24) is 5.32 Å². The van der Waals surface area contributed by atoms with Crippen molar-refractivity contribution in [3.63, 3.8) is 0 Å². The number of anilines is 2. The zero-order chi connectivity index (χ0) is 23.3. The van der Waals surface area contributed by atoms with Crippen LogP contribution in [0.25, 0.3) is 0 Å². The van der Waals surface area contributed by atoms with Crippen molar-refractivity contribution < 1.29 is 17.6 Å². The monoisotopic (exact) mass is 475 g/mol. The molecule has 0 saturated carbocycles. The second kappa shape index (κ2) is 10.0. The van der Waals surface area contributed by atoms with Gasteiger partial charge >= 0.3 is 0 Å². The summed E-state index contributed by atoms with van der Waals surface area (Å²) in [6.45, 7) is 2.29. The molecule has 0 radical (unpaired) electrons. The van der Waals surface area contributed by atoms with Gasteiger partial charge in [-0.1, -0.05) is 29.8 Å². The molecule has 1 atom stereocenters. The highest BCUT2D eigenvalue weighted by atomic mass is 35.5. The van der Waals surface area contributed by atoms with Gasteiger partial charge in [-0.05, 0) is 61.5 Å². The first-order chi connectivity index (χ1) is 15.2. The Balaban J connectivity index is 1.71. The van der Waals surface area contributed by atoms with Crippen LogP contribution in [-0.4, -0.2) is 34.0 Å². The molecule has 168 valence electrons. The van der Waals surface area contributed by atoms with E-state index in [1.54, 1.807) is 0 Å². The Hall–Kier alpha value is -3.10. The van der Waals surface area contributed by atoms with E-state index >= 15 is 0 Å². The minimum atomic E-state index is -4.00. The normalized spacial score (nSPS) is 12.1. The Morgan fingerprint density at radius 1 is 1.06 bits per heavy atom. The summed E-state index contributed by atoms with van der Waals surface area (Å²) < 4.78 is 40.8. The van der Waals surface area contributed by atoms with Gasteiger partial charge in [0.25, 0.3) is 15.9 Å². The maximum atomic E-state index is 13.1. The number of likely N-dealkylation sites (N-methyl/N-ethyl adjacent to an activating group) is 1. The Labute approximate surface area is 192 Å². The van der Waals surface area contributed by atoms with Crippen LogP contribution in [0.15, 0.2) is 77.7 Å². The van der Waals surface area contributed by atoms with E-state index in [9.17, 15) is 17.6 Å². The molecule has 1 unspecified atom stereocenters. The van der Waals surface area contributed by atoms with Gasteiger partial charge in [-0.3, -0.25) is 9.52 Å². The minimum Gasteiger partial charge on any atom is -0.370 e. The number of nitrogens with one attached hydrogen (secondary N) is 2. The van der Waals surface area contributed by atoms with E-state index in [0.29, 0.717) is 6.54 Å². The molecule has 32 heavy (non-hydrogen) atoms. The first-order valence-electron chi connectivity index (χ1n) is 9.81. The van der Waals surface area contributed by atoms with E-state index < -0.39 is 21.7 Å². The number of rotatable bonds is 8. The highest BCUT2D eigenvalue weighted by molar-refractivity contribution is 7.92. The van der Waals surface area contributed by atoms with E-state index in [1.807, 2.05) is 49.2 Å². The predicted molar refractivity (Wildman–Crippen MR) is 125 cm³/mol. The molecule has 1 amide bonds. The molecule has 6 nitrogen and oxygen atoms in total. The van der Waals surface area contributed by atoms with Crippen molar-refractivity contribution in [1.29, 1.82) is 0 Å². The summed E-state index contributed by atoms with van der Waals surface area (Å²) in [6, 6.07) is 18.5. The van der Waals surface area contributed by atoms with Crippen LogP contribution in [0, 0.1) is 5.82 Å².